The molecule has 19 heavy (non-hydrogen) atoms. The minimum Gasteiger partial charge on any atom is -0.390 e. The second-order valence-corrected chi connectivity index (χ2v) is 5.82. The highest BCUT2D eigenvalue weighted by atomic mass is 35.5. The van der Waals surface area contributed by atoms with E-state index in [4.69, 9.17) is 23.2 Å². The number of fused-ring (bicyclic) bond motifs is 1. The Kier molecular flexibility index (Phi) is 3.43. The molecule has 3 rings (SSSR count). The van der Waals surface area contributed by atoms with Crippen molar-refractivity contribution in [3.8, 4) is 0 Å². The number of aliphatic hydroxyl groups is 2. The Bertz CT molecular complexity index is 614. The molecule has 0 aliphatic heterocycles. The third kappa shape index (κ3) is 2.34. The summed E-state index contributed by atoms with van der Waals surface area (Å²) in [5.41, 5.74) is 1.69. The van der Waals surface area contributed by atoms with Crippen molar-refractivity contribution in [2.75, 3.05) is 0 Å². The van der Waals surface area contributed by atoms with E-state index in [1.165, 1.54) is 0 Å². The summed E-state index contributed by atoms with van der Waals surface area (Å²) in [7, 11) is 0. The van der Waals surface area contributed by atoms with Gasteiger partial charge in [0.1, 0.15) is 0 Å². The van der Waals surface area contributed by atoms with Crippen LogP contribution in [0, 0.1) is 0 Å². The van der Waals surface area contributed by atoms with Gasteiger partial charge in [-0.05, 0) is 31.4 Å². The van der Waals surface area contributed by atoms with Gasteiger partial charge in [0.05, 0.1) is 39.6 Å². The van der Waals surface area contributed by atoms with Crippen LogP contribution in [0.5, 0.6) is 0 Å². The molecule has 3 unspecified atom stereocenters. The highest BCUT2D eigenvalue weighted by Crippen LogP contribution is 2.33. The molecule has 1 heterocycles. The summed E-state index contributed by atoms with van der Waals surface area (Å²) in [6, 6.07) is 3.66. The largest absolute Gasteiger partial charge is 0.390 e. The topological polar surface area (TPSA) is 58.3 Å². The lowest BCUT2D eigenvalue weighted by Gasteiger charge is -2.31. The first-order chi connectivity index (χ1) is 9.06. The van der Waals surface area contributed by atoms with E-state index < -0.39 is 12.2 Å². The Morgan fingerprint density at radius 1 is 1.11 bits per heavy atom. The molecule has 0 radical (unpaired) electrons. The molecule has 0 spiro atoms. The Morgan fingerprint density at radius 2 is 1.84 bits per heavy atom. The van der Waals surface area contributed by atoms with Gasteiger partial charge in [-0.25, -0.2) is 4.98 Å². The normalized spacial score (nSPS) is 27.9. The number of benzene rings is 1. The Balaban J connectivity index is 1.99. The lowest BCUT2D eigenvalue weighted by molar-refractivity contribution is -0.0225. The highest BCUT2D eigenvalue weighted by Gasteiger charge is 2.29. The first-order valence-electron chi connectivity index (χ1n) is 6.24. The zero-order valence-corrected chi connectivity index (χ0v) is 11.6. The zero-order chi connectivity index (χ0) is 13.6. The number of nitrogens with zero attached hydrogens (tertiary/aromatic N) is 2. The molecular formula is C13H14Cl2N2O2. The molecule has 1 fully saturated rings. The average Bonchev–Trinajstić information content (AvgIpc) is 2.76. The van der Waals surface area contributed by atoms with Crippen LogP contribution in [-0.4, -0.2) is 32.0 Å². The Morgan fingerprint density at radius 3 is 2.58 bits per heavy atom. The molecule has 1 aliphatic carbocycles. The molecule has 1 aromatic carbocycles. The fourth-order valence-corrected chi connectivity index (χ4v) is 2.99. The molecule has 0 bridgehead atoms. The number of halogens is 2. The molecule has 2 aromatic rings. The van der Waals surface area contributed by atoms with Crippen LogP contribution >= 0.6 is 23.2 Å². The van der Waals surface area contributed by atoms with Gasteiger partial charge in [0.25, 0.3) is 0 Å². The first kappa shape index (κ1) is 13.2. The predicted molar refractivity (Wildman–Crippen MR) is 74.7 cm³/mol. The van der Waals surface area contributed by atoms with E-state index in [9.17, 15) is 10.2 Å². The van der Waals surface area contributed by atoms with Gasteiger partial charge in [0, 0.05) is 6.04 Å². The van der Waals surface area contributed by atoms with Crippen molar-refractivity contribution in [3.63, 3.8) is 0 Å². The maximum Gasteiger partial charge on any atom is 0.0960 e. The van der Waals surface area contributed by atoms with Gasteiger partial charge < -0.3 is 14.8 Å². The van der Waals surface area contributed by atoms with Crippen molar-refractivity contribution in [2.45, 2.75) is 37.5 Å². The third-order valence-electron chi connectivity index (χ3n) is 3.76. The average molecular weight is 301 g/mol. The minimum absolute atomic E-state index is 0.126. The van der Waals surface area contributed by atoms with E-state index in [0.29, 0.717) is 22.9 Å². The summed E-state index contributed by atoms with van der Waals surface area (Å²) in [4.78, 5) is 4.32. The summed E-state index contributed by atoms with van der Waals surface area (Å²) in [5, 5.41) is 20.3. The predicted octanol–water partition coefficient (Wildman–Crippen LogP) is 2.79. The van der Waals surface area contributed by atoms with E-state index in [1.54, 1.807) is 18.5 Å². The van der Waals surface area contributed by atoms with Gasteiger partial charge in [-0.15, -0.1) is 0 Å². The summed E-state index contributed by atoms with van der Waals surface area (Å²) in [6.07, 6.45) is 2.36. The van der Waals surface area contributed by atoms with Gasteiger partial charge in [-0.1, -0.05) is 23.2 Å². The van der Waals surface area contributed by atoms with Gasteiger partial charge in [0.2, 0.25) is 0 Å². The molecule has 6 heteroatoms. The standard InChI is InChI=1S/C13H14Cl2N2O2/c14-8-4-10-11(5-9(8)15)17(6-16-10)7-1-2-12(18)13(19)3-7/h4-7,12-13,18-19H,1-3H2. The lowest BCUT2D eigenvalue weighted by atomic mass is 9.90. The molecule has 1 aromatic heterocycles. The van der Waals surface area contributed by atoms with Gasteiger partial charge in [0.15, 0.2) is 0 Å². The van der Waals surface area contributed by atoms with E-state index in [0.717, 1.165) is 17.5 Å². The van der Waals surface area contributed by atoms with Crippen LogP contribution in [0.2, 0.25) is 10.0 Å². The van der Waals surface area contributed by atoms with Crippen LogP contribution in [0.3, 0.4) is 0 Å². The summed E-state index contributed by atoms with van der Waals surface area (Å²) in [5.74, 6) is 0. The van der Waals surface area contributed by atoms with E-state index >= 15 is 0 Å². The summed E-state index contributed by atoms with van der Waals surface area (Å²) in [6.45, 7) is 0. The second kappa shape index (κ2) is 4.94. The zero-order valence-electron chi connectivity index (χ0n) is 10.1. The molecule has 1 aliphatic rings. The number of aliphatic hydroxyl groups excluding tert-OH is 2. The van der Waals surface area contributed by atoms with E-state index in [2.05, 4.69) is 4.98 Å². The molecule has 0 saturated heterocycles. The number of hydrogen-bond donors (Lipinski definition) is 2. The summed E-state index contributed by atoms with van der Waals surface area (Å²) >= 11 is 12.0. The number of aromatic nitrogens is 2. The maximum absolute atomic E-state index is 9.79. The number of imidazole rings is 1. The van der Waals surface area contributed by atoms with Crippen molar-refractivity contribution in [1.82, 2.24) is 9.55 Å². The second-order valence-electron chi connectivity index (χ2n) is 5.01. The molecule has 3 atom stereocenters. The minimum atomic E-state index is -0.682. The fraction of sp³-hybridized carbons (Fsp3) is 0.462. The van der Waals surface area contributed by atoms with Crippen LogP contribution in [0.15, 0.2) is 18.5 Å². The molecule has 102 valence electrons. The van der Waals surface area contributed by atoms with Crippen molar-refractivity contribution < 1.29 is 10.2 Å². The van der Waals surface area contributed by atoms with E-state index in [-0.39, 0.29) is 6.04 Å². The third-order valence-corrected chi connectivity index (χ3v) is 4.49. The van der Waals surface area contributed by atoms with Crippen molar-refractivity contribution >= 4 is 34.2 Å². The molecular weight excluding hydrogens is 287 g/mol. The van der Waals surface area contributed by atoms with Crippen LogP contribution in [0.1, 0.15) is 25.3 Å². The number of hydrogen-bond acceptors (Lipinski definition) is 3. The van der Waals surface area contributed by atoms with Crippen LogP contribution in [-0.2, 0) is 0 Å². The Hall–Kier alpha value is -0.810. The van der Waals surface area contributed by atoms with Gasteiger partial charge >= 0.3 is 0 Å². The lowest BCUT2D eigenvalue weighted by Crippen LogP contribution is -2.34. The van der Waals surface area contributed by atoms with Crippen molar-refractivity contribution in [2.24, 2.45) is 0 Å². The molecule has 2 N–H and O–H groups in total. The fourth-order valence-electron chi connectivity index (χ4n) is 2.68. The van der Waals surface area contributed by atoms with Gasteiger partial charge in [-0.3, -0.25) is 0 Å². The quantitative estimate of drug-likeness (QED) is 0.851. The SMILES string of the molecule is OC1CCC(n2cnc3cc(Cl)c(Cl)cc32)CC1O. The van der Waals surface area contributed by atoms with Gasteiger partial charge in [-0.2, -0.15) is 0 Å². The first-order valence-corrected chi connectivity index (χ1v) is 6.99. The van der Waals surface area contributed by atoms with Crippen molar-refractivity contribution in [1.29, 1.82) is 0 Å². The Labute approximate surface area is 120 Å². The smallest absolute Gasteiger partial charge is 0.0960 e. The molecule has 4 nitrogen and oxygen atoms in total. The maximum atomic E-state index is 9.79. The van der Waals surface area contributed by atoms with E-state index in [1.807, 2.05) is 4.57 Å². The highest BCUT2D eigenvalue weighted by molar-refractivity contribution is 6.42. The monoisotopic (exact) mass is 300 g/mol. The van der Waals surface area contributed by atoms with Crippen LogP contribution in [0.4, 0.5) is 0 Å². The van der Waals surface area contributed by atoms with Crippen LogP contribution < -0.4 is 0 Å². The number of rotatable bonds is 1. The van der Waals surface area contributed by atoms with Crippen LogP contribution in [0.25, 0.3) is 11.0 Å². The molecule has 0 amide bonds. The van der Waals surface area contributed by atoms with Crippen molar-refractivity contribution in [3.05, 3.63) is 28.5 Å². The summed E-state index contributed by atoms with van der Waals surface area (Å²) < 4.78 is 2.01. The molecule has 1 saturated carbocycles.